The van der Waals surface area contributed by atoms with Crippen LogP contribution in [-0.4, -0.2) is 22.1 Å². The van der Waals surface area contributed by atoms with Crippen molar-refractivity contribution < 1.29 is 9.66 Å². The summed E-state index contributed by atoms with van der Waals surface area (Å²) in [7, 11) is 0. The predicted molar refractivity (Wildman–Crippen MR) is 71.6 cm³/mol. The molecule has 0 amide bonds. The third kappa shape index (κ3) is 3.39. The maximum absolute atomic E-state index is 10.9. The Morgan fingerprint density at radius 2 is 2.11 bits per heavy atom. The van der Waals surface area contributed by atoms with Crippen LogP contribution in [0.2, 0.25) is 0 Å². The van der Waals surface area contributed by atoms with Crippen molar-refractivity contribution in [3.05, 3.63) is 27.0 Å². The van der Waals surface area contributed by atoms with Crippen molar-refractivity contribution in [1.29, 1.82) is 0 Å². The molecule has 0 aliphatic carbocycles. The van der Waals surface area contributed by atoms with Crippen LogP contribution in [0.3, 0.4) is 0 Å². The van der Waals surface area contributed by atoms with E-state index in [1.54, 1.807) is 0 Å². The summed E-state index contributed by atoms with van der Waals surface area (Å²) >= 11 is 3.19. The second-order valence-electron chi connectivity index (χ2n) is 4.08. The highest BCUT2D eigenvalue weighted by Gasteiger charge is 2.25. The van der Waals surface area contributed by atoms with E-state index in [0.29, 0.717) is 4.47 Å². The van der Waals surface area contributed by atoms with Crippen molar-refractivity contribution in [2.75, 3.05) is 6.61 Å². The van der Waals surface area contributed by atoms with Crippen molar-refractivity contribution in [2.24, 2.45) is 5.73 Å². The summed E-state index contributed by atoms with van der Waals surface area (Å²) in [6, 6.07) is 0. The molecule has 0 saturated heterocycles. The zero-order valence-electron chi connectivity index (χ0n) is 10.4. The Morgan fingerprint density at radius 3 is 2.61 bits per heavy atom. The van der Waals surface area contributed by atoms with Crippen molar-refractivity contribution in [3.8, 4) is 5.75 Å². The first-order valence-electron chi connectivity index (χ1n) is 5.63. The van der Waals surface area contributed by atoms with Gasteiger partial charge in [-0.2, -0.15) is 0 Å². The lowest BCUT2D eigenvalue weighted by atomic mass is 9.96. The van der Waals surface area contributed by atoms with Gasteiger partial charge in [0.25, 0.3) is 0 Å². The minimum Gasteiger partial charge on any atom is -0.484 e. The minimum atomic E-state index is -0.525. The molecule has 1 rings (SSSR count). The van der Waals surface area contributed by atoms with Crippen molar-refractivity contribution in [3.63, 3.8) is 0 Å². The zero-order valence-corrected chi connectivity index (χ0v) is 11.9. The average molecular weight is 318 g/mol. The Kier molecular flexibility index (Phi) is 5.03. The smallest absolute Gasteiger partial charge is 0.330 e. The Morgan fingerprint density at radius 1 is 1.50 bits per heavy atom. The number of rotatable bonds is 6. The van der Waals surface area contributed by atoms with Gasteiger partial charge in [-0.15, -0.1) is 0 Å². The van der Waals surface area contributed by atoms with Gasteiger partial charge < -0.3 is 10.5 Å². The van der Waals surface area contributed by atoms with E-state index >= 15 is 0 Å². The van der Waals surface area contributed by atoms with Gasteiger partial charge in [-0.25, -0.2) is 0 Å². The van der Waals surface area contributed by atoms with Crippen LogP contribution < -0.4 is 10.5 Å². The highest BCUT2D eigenvalue weighted by atomic mass is 79.9. The zero-order chi connectivity index (χ0) is 13.8. The van der Waals surface area contributed by atoms with E-state index in [1.165, 1.54) is 6.20 Å². The largest absolute Gasteiger partial charge is 0.484 e. The molecular formula is C11H16BrN3O3. The number of hydrogen-bond acceptors (Lipinski definition) is 5. The highest BCUT2D eigenvalue weighted by molar-refractivity contribution is 9.10. The molecule has 18 heavy (non-hydrogen) atoms. The fraction of sp³-hybridized carbons (Fsp3) is 0.545. The van der Waals surface area contributed by atoms with Crippen LogP contribution >= 0.6 is 15.9 Å². The minimum absolute atomic E-state index is 0.168. The van der Waals surface area contributed by atoms with Gasteiger partial charge in [-0.3, -0.25) is 15.1 Å². The molecule has 1 aromatic heterocycles. The molecule has 1 aromatic rings. The van der Waals surface area contributed by atoms with Crippen LogP contribution in [0.15, 0.2) is 16.9 Å². The van der Waals surface area contributed by atoms with E-state index in [0.717, 1.165) is 19.0 Å². The lowest BCUT2D eigenvalue weighted by Crippen LogP contribution is -2.44. The first-order valence-corrected chi connectivity index (χ1v) is 6.42. The Balaban J connectivity index is 2.94. The van der Waals surface area contributed by atoms with E-state index in [1.807, 2.05) is 13.8 Å². The average Bonchev–Trinajstić information content (AvgIpc) is 2.36. The van der Waals surface area contributed by atoms with Gasteiger partial charge in [0.1, 0.15) is 12.8 Å². The predicted octanol–water partition coefficient (Wildman–Crippen LogP) is 2.65. The molecule has 1 heterocycles. The van der Waals surface area contributed by atoms with E-state index in [-0.39, 0.29) is 18.0 Å². The molecule has 0 aromatic carbocycles. The molecule has 0 spiro atoms. The lowest BCUT2D eigenvalue weighted by Gasteiger charge is -2.26. The van der Waals surface area contributed by atoms with Crippen molar-refractivity contribution >= 4 is 21.6 Å². The van der Waals surface area contributed by atoms with Crippen molar-refractivity contribution in [2.45, 2.75) is 32.2 Å². The molecule has 0 bridgehead atoms. The van der Waals surface area contributed by atoms with Crippen LogP contribution in [0.25, 0.3) is 0 Å². The number of aromatic nitrogens is 1. The molecule has 0 aliphatic heterocycles. The molecule has 0 atom stereocenters. The summed E-state index contributed by atoms with van der Waals surface area (Å²) in [4.78, 5) is 14.1. The van der Waals surface area contributed by atoms with Crippen LogP contribution in [0.1, 0.15) is 26.7 Å². The fourth-order valence-corrected chi connectivity index (χ4v) is 1.79. The Bertz CT molecular complexity index is 436. The quantitative estimate of drug-likeness (QED) is 0.643. The van der Waals surface area contributed by atoms with Gasteiger partial charge in [0.05, 0.1) is 9.40 Å². The molecule has 0 unspecified atom stereocenters. The van der Waals surface area contributed by atoms with E-state index in [2.05, 4.69) is 20.9 Å². The maximum Gasteiger partial charge on any atom is 0.330 e. The summed E-state index contributed by atoms with van der Waals surface area (Å²) in [5.41, 5.74) is 5.45. The molecule has 0 fully saturated rings. The van der Waals surface area contributed by atoms with Gasteiger partial charge in [-0.1, -0.05) is 13.8 Å². The van der Waals surface area contributed by atoms with Crippen LogP contribution in [0.5, 0.6) is 5.75 Å². The number of pyridine rings is 1. The van der Waals surface area contributed by atoms with E-state index < -0.39 is 10.5 Å². The first kappa shape index (κ1) is 14.8. The molecular weight excluding hydrogens is 302 g/mol. The van der Waals surface area contributed by atoms with E-state index in [4.69, 9.17) is 10.5 Å². The number of hydrogen-bond donors (Lipinski definition) is 1. The standard InChI is InChI=1S/C11H16BrN3O3/c1-3-11(13,4-2)7-18-10-8(12)5-14-6-9(10)15(16)17/h5-6H,3-4,7,13H2,1-2H3. The van der Waals surface area contributed by atoms with Gasteiger partial charge >= 0.3 is 5.69 Å². The number of nitrogens with zero attached hydrogens (tertiary/aromatic N) is 2. The second-order valence-corrected chi connectivity index (χ2v) is 4.94. The first-order chi connectivity index (χ1) is 8.43. The number of nitrogens with two attached hydrogens (primary N) is 1. The van der Waals surface area contributed by atoms with E-state index in [9.17, 15) is 10.1 Å². The number of halogens is 1. The Hall–Kier alpha value is -1.21. The van der Waals surface area contributed by atoms with Gasteiger partial charge in [-0.05, 0) is 28.8 Å². The monoisotopic (exact) mass is 317 g/mol. The number of ether oxygens (including phenoxy) is 1. The number of nitro groups is 1. The molecule has 0 aliphatic rings. The molecule has 6 nitrogen and oxygen atoms in total. The van der Waals surface area contributed by atoms with Crippen LogP contribution in [0.4, 0.5) is 5.69 Å². The van der Waals surface area contributed by atoms with Crippen molar-refractivity contribution in [1.82, 2.24) is 4.98 Å². The molecule has 7 heteroatoms. The maximum atomic E-state index is 10.9. The van der Waals surface area contributed by atoms with Gasteiger partial charge in [0.15, 0.2) is 0 Å². The fourth-order valence-electron chi connectivity index (χ4n) is 1.36. The molecule has 2 N–H and O–H groups in total. The topological polar surface area (TPSA) is 91.3 Å². The summed E-state index contributed by atoms with van der Waals surface area (Å²) < 4.78 is 5.97. The third-order valence-corrected chi connectivity index (χ3v) is 3.51. The highest BCUT2D eigenvalue weighted by Crippen LogP contribution is 2.34. The molecule has 0 saturated carbocycles. The van der Waals surface area contributed by atoms with Crippen LogP contribution in [-0.2, 0) is 0 Å². The van der Waals surface area contributed by atoms with Gasteiger partial charge in [0.2, 0.25) is 5.75 Å². The van der Waals surface area contributed by atoms with Gasteiger partial charge in [0, 0.05) is 11.7 Å². The summed E-state index contributed by atoms with van der Waals surface area (Å²) in [6.45, 7) is 4.15. The summed E-state index contributed by atoms with van der Waals surface area (Å²) in [5.74, 6) is 0.173. The normalized spacial score (nSPS) is 11.3. The second kappa shape index (κ2) is 6.10. The summed E-state index contributed by atoms with van der Waals surface area (Å²) in [6.07, 6.45) is 4.09. The third-order valence-electron chi connectivity index (χ3n) is 2.94. The Labute approximate surface area is 114 Å². The molecule has 100 valence electrons. The lowest BCUT2D eigenvalue weighted by molar-refractivity contribution is -0.386. The summed E-state index contributed by atoms with van der Waals surface area (Å²) in [5, 5.41) is 10.9. The van der Waals surface area contributed by atoms with Crippen LogP contribution in [0, 0.1) is 10.1 Å². The SMILES string of the molecule is CCC(N)(CC)COc1c(Br)cncc1[N+](=O)[O-]. The molecule has 0 radical (unpaired) electrons.